The molecule has 0 atom stereocenters. The molecule has 0 fully saturated rings. The van der Waals surface area contributed by atoms with Crippen LogP contribution < -0.4 is 9.47 Å². The lowest BCUT2D eigenvalue weighted by Crippen LogP contribution is -2.01. The molecule has 4 nitrogen and oxygen atoms in total. The highest BCUT2D eigenvalue weighted by Crippen LogP contribution is 2.34. The number of nitrogens with one attached hydrogen (secondary N) is 1. The second-order valence-electron chi connectivity index (χ2n) is 6.19. The largest absolute Gasteiger partial charge is 0.490 e. The molecule has 0 amide bonds. The van der Waals surface area contributed by atoms with Crippen LogP contribution in [0.25, 0.3) is 22.4 Å². The zero-order valence-corrected chi connectivity index (χ0v) is 16.7. The third-order valence-corrected chi connectivity index (χ3v) is 5.05. The number of hydrogen-bond donors (Lipinski definition) is 1. The molecule has 0 aliphatic carbocycles. The summed E-state index contributed by atoms with van der Waals surface area (Å²) in [5, 5.41) is 1.15. The van der Waals surface area contributed by atoms with Crippen molar-refractivity contribution in [2.75, 3.05) is 6.61 Å². The summed E-state index contributed by atoms with van der Waals surface area (Å²) in [5.74, 6) is 2.05. The molecule has 0 saturated carbocycles. The van der Waals surface area contributed by atoms with Crippen LogP contribution in [0.1, 0.15) is 12.5 Å². The lowest BCUT2D eigenvalue weighted by molar-refractivity contribution is 0.269. The SMILES string of the molecule is CCOc1cc(-c2nc3ccccc3[nH]2)ccc1OCc1c(Cl)cccc1Cl. The van der Waals surface area contributed by atoms with Crippen LogP contribution in [0.5, 0.6) is 11.5 Å². The Morgan fingerprint density at radius 2 is 1.68 bits per heavy atom. The van der Waals surface area contributed by atoms with Crippen LogP contribution in [-0.2, 0) is 6.61 Å². The van der Waals surface area contributed by atoms with Gasteiger partial charge in [-0.15, -0.1) is 0 Å². The quantitative estimate of drug-likeness (QED) is 0.392. The fourth-order valence-electron chi connectivity index (χ4n) is 2.95. The molecule has 1 N–H and O–H groups in total. The van der Waals surface area contributed by atoms with E-state index in [4.69, 9.17) is 32.7 Å². The molecule has 142 valence electrons. The zero-order chi connectivity index (χ0) is 19.5. The number of hydrogen-bond acceptors (Lipinski definition) is 3. The normalized spacial score (nSPS) is 11.0. The first-order valence-electron chi connectivity index (χ1n) is 8.93. The van der Waals surface area contributed by atoms with Crippen LogP contribution in [0.15, 0.2) is 60.7 Å². The van der Waals surface area contributed by atoms with Gasteiger partial charge in [0.25, 0.3) is 0 Å². The molecule has 0 aliphatic heterocycles. The smallest absolute Gasteiger partial charge is 0.161 e. The number of para-hydroxylation sites is 2. The highest BCUT2D eigenvalue weighted by atomic mass is 35.5. The number of aromatic nitrogens is 2. The van der Waals surface area contributed by atoms with E-state index in [1.807, 2.05) is 55.5 Å². The molecule has 0 saturated heterocycles. The number of benzene rings is 3. The van der Waals surface area contributed by atoms with Gasteiger partial charge in [-0.2, -0.15) is 0 Å². The van der Waals surface area contributed by atoms with Crippen LogP contribution in [0.3, 0.4) is 0 Å². The van der Waals surface area contributed by atoms with Crippen molar-refractivity contribution in [2.24, 2.45) is 0 Å². The van der Waals surface area contributed by atoms with E-state index in [1.54, 1.807) is 12.1 Å². The van der Waals surface area contributed by atoms with Crippen LogP contribution in [-0.4, -0.2) is 16.6 Å². The van der Waals surface area contributed by atoms with Gasteiger partial charge in [-0.3, -0.25) is 0 Å². The predicted molar refractivity (Wildman–Crippen MR) is 113 cm³/mol. The summed E-state index contributed by atoms with van der Waals surface area (Å²) in [4.78, 5) is 7.97. The number of halogens is 2. The first-order valence-corrected chi connectivity index (χ1v) is 9.69. The van der Waals surface area contributed by atoms with E-state index in [-0.39, 0.29) is 6.61 Å². The van der Waals surface area contributed by atoms with Gasteiger partial charge < -0.3 is 14.5 Å². The molecular weight excluding hydrogens is 395 g/mol. The predicted octanol–water partition coefficient (Wildman–Crippen LogP) is 6.51. The lowest BCUT2D eigenvalue weighted by atomic mass is 10.2. The summed E-state index contributed by atoms with van der Waals surface area (Å²) in [7, 11) is 0. The van der Waals surface area contributed by atoms with Crippen molar-refractivity contribution < 1.29 is 9.47 Å². The first kappa shape index (κ1) is 18.7. The molecule has 6 heteroatoms. The third-order valence-electron chi connectivity index (χ3n) is 4.34. The zero-order valence-electron chi connectivity index (χ0n) is 15.2. The molecule has 3 aromatic carbocycles. The fraction of sp³-hybridized carbons (Fsp3) is 0.136. The molecule has 0 aliphatic rings. The average Bonchev–Trinajstić information content (AvgIpc) is 3.13. The van der Waals surface area contributed by atoms with E-state index >= 15 is 0 Å². The van der Waals surface area contributed by atoms with E-state index in [0.29, 0.717) is 28.2 Å². The van der Waals surface area contributed by atoms with E-state index in [1.165, 1.54) is 0 Å². The minimum Gasteiger partial charge on any atom is -0.490 e. The molecular formula is C22H18Cl2N2O2. The standard InChI is InChI=1S/C22H18Cl2N2O2/c1-2-27-21-12-14(22-25-18-8-3-4-9-19(18)26-22)10-11-20(21)28-13-15-16(23)6-5-7-17(15)24/h3-12H,2,13H2,1H3,(H,25,26). The summed E-state index contributed by atoms with van der Waals surface area (Å²) < 4.78 is 11.8. The van der Waals surface area contributed by atoms with Gasteiger partial charge in [-0.05, 0) is 49.4 Å². The van der Waals surface area contributed by atoms with Crippen molar-refractivity contribution in [1.29, 1.82) is 0 Å². The molecule has 4 rings (SSSR count). The summed E-state index contributed by atoms with van der Waals surface area (Å²) in [6.45, 7) is 2.71. The van der Waals surface area contributed by atoms with Crippen LogP contribution in [0.4, 0.5) is 0 Å². The molecule has 0 unspecified atom stereocenters. The Bertz CT molecular complexity index is 1070. The Kier molecular flexibility index (Phi) is 5.42. The van der Waals surface area contributed by atoms with Crippen LogP contribution in [0, 0.1) is 0 Å². The van der Waals surface area contributed by atoms with Crippen molar-refractivity contribution in [3.8, 4) is 22.9 Å². The second kappa shape index (κ2) is 8.13. The maximum atomic E-state index is 6.23. The van der Waals surface area contributed by atoms with E-state index in [0.717, 1.165) is 28.0 Å². The summed E-state index contributed by atoms with van der Waals surface area (Å²) in [5.41, 5.74) is 3.57. The molecule has 0 radical (unpaired) electrons. The van der Waals surface area contributed by atoms with Crippen LogP contribution in [0.2, 0.25) is 10.0 Å². The lowest BCUT2D eigenvalue weighted by Gasteiger charge is -2.14. The topological polar surface area (TPSA) is 47.1 Å². The summed E-state index contributed by atoms with van der Waals surface area (Å²) in [6, 6.07) is 19.1. The Morgan fingerprint density at radius 1 is 0.893 bits per heavy atom. The number of aromatic amines is 1. The average molecular weight is 413 g/mol. The van der Waals surface area contributed by atoms with E-state index in [2.05, 4.69) is 9.97 Å². The van der Waals surface area contributed by atoms with Crippen molar-refractivity contribution in [3.63, 3.8) is 0 Å². The van der Waals surface area contributed by atoms with Gasteiger partial charge in [0.2, 0.25) is 0 Å². The molecule has 1 aromatic heterocycles. The second-order valence-corrected chi connectivity index (χ2v) is 7.00. The number of rotatable bonds is 6. The van der Waals surface area contributed by atoms with Gasteiger partial charge in [0.05, 0.1) is 17.6 Å². The van der Waals surface area contributed by atoms with E-state index < -0.39 is 0 Å². The number of fused-ring (bicyclic) bond motifs is 1. The minimum absolute atomic E-state index is 0.253. The summed E-state index contributed by atoms with van der Waals surface area (Å²) in [6.07, 6.45) is 0. The molecule has 4 aromatic rings. The number of ether oxygens (including phenoxy) is 2. The Morgan fingerprint density at radius 3 is 2.43 bits per heavy atom. The van der Waals surface area contributed by atoms with Gasteiger partial charge in [-0.1, -0.05) is 41.4 Å². The number of imidazole rings is 1. The highest BCUT2D eigenvalue weighted by molar-refractivity contribution is 6.35. The highest BCUT2D eigenvalue weighted by Gasteiger charge is 2.13. The Labute approximate surface area is 173 Å². The van der Waals surface area contributed by atoms with Gasteiger partial charge in [0, 0.05) is 21.2 Å². The Hall–Kier alpha value is -2.69. The van der Waals surface area contributed by atoms with Crippen molar-refractivity contribution in [3.05, 3.63) is 76.3 Å². The monoisotopic (exact) mass is 412 g/mol. The van der Waals surface area contributed by atoms with Crippen molar-refractivity contribution in [2.45, 2.75) is 13.5 Å². The molecule has 0 bridgehead atoms. The number of nitrogens with zero attached hydrogens (tertiary/aromatic N) is 1. The summed E-state index contributed by atoms with van der Waals surface area (Å²) >= 11 is 12.5. The Balaban J connectivity index is 1.63. The molecule has 28 heavy (non-hydrogen) atoms. The molecule has 0 spiro atoms. The van der Waals surface area contributed by atoms with Gasteiger partial charge in [-0.25, -0.2) is 4.98 Å². The minimum atomic E-state index is 0.253. The third kappa shape index (κ3) is 3.79. The van der Waals surface area contributed by atoms with Gasteiger partial charge >= 0.3 is 0 Å². The molecule has 1 heterocycles. The number of H-pyrrole nitrogens is 1. The van der Waals surface area contributed by atoms with Crippen LogP contribution >= 0.6 is 23.2 Å². The van der Waals surface area contributed by atoms with E-state index in [9.17, 15) is 0 Å². The maximum Gasteiger partial charge on any atom is 0.161 e. The van der Waals surface area contributed by atoms with Gasteiger partial charge in [0.1, 0.15) is 12.4 Å². The van der Waals surface area contributed by atoms with Crippen molar-refractivity contribution >= 4 is 34.2 Å². The fourth-order valence-corrected chi connectivity index (χ4v) is 3.46. The van der Waals surface area contributed by atoms with Crippen molar-refractivity contribution in [1.82, 2.24) is 9.97 Å². The maximum absolute atomic E-state index is 6.23. The van der Waals surface area contributed by atoms with Gasteiger partial charge in [0.15, 0.2) is 11.5 Å². The first-order chi connectivity index (χ1) is 13.7.